The van der Waals surface area contributed by atoms with Crippen molar-refractivity contribution in [3.05, 3.63) is 16.1 Å². The predicted octanol–water partition coefficient (Wildman–Crippen LogP) is 2.06. The largest absolute Gasteiger partial charge is 0.350 e. The van der Waals surface area contributed by atoms with Crippen molar-refractivity contribution in [2.75, 3.05) is 13.6 Å². The van der Waals surface area contributed by atoms with Gasteiger partial charge in [0.1, 0.15) is 5.01 Å². The zero-order valence-electron chi connectivity index (χ0n) is 11.7. The van der Waals surface area contributed by atoms with Crippen molar-refractivity contribution < 1.29 is 4.79 Å². The van der Waals surface area contributed by atoms with E-state index in [1.165, 1.54) is 0 Å². The summed E-state index contributed by atoms with van der Waals surface area (Å²) in [4.78, 5) is 16.1. The van der Waals surface area contributed by atoms with Crippen LogP contribution < -0.4 is 10.6 Å². The third-order valence-electron chi connectivity index (χ3n) is 2.59. The first-order chi connectivity index (χ1) is 8.43. The van der Waals surface area contributed by atoms with Crippen LogP contribution in [0.25, 0.3) is 0 Å². The molecule has 1 rings (SSSR count). The third kappa shape index (κ3) is 5.14. The lowest BCUT2D eigenvalue weighted by atomic mass is 9.93. The highest BCUT2D eigenvalue weighted by Crippen LogP contribution is 2.23. The molecule has 1 heterocycles. The summed E-state index contributed by atoms with van der Waals surface area (Å²) < 4.78 is 0. The van der Waals surface area contributed by atoms with Crippen LogP contribution in [0.15, 0.2) is 5.38 Å². The van der Waals surface area contributed by atoms with Crippen LogP contribution in [-0.2, 0) is 16.8 Å². The molecule has 0 saturated heterocycles. The summed E-state index contributed by atoms with van der Waals surface area (Å²) >= 11 is 1.61. The number of nitrogens with zero attached hydrogens (tertiary/aromatic N) is 1. The molecule has 0 aliphatic heterocycles. The highest BCUT2D eigenvalue weighted by Gasteiger charge is 2.17. The van der Waals surface area contributed by atoms with Crippen LogP contribution in [0.4, 0.5) is 0 Å². The van der Waals surface area contributed by atoms with E-state index in [-0.39, 0.29) is 11.3 Å². The quantitative estimate of drug-likeness (QED) is 0.777. The molecule has 0 atom stereocenters. The molecule has 0 saturated carbocycles. The summed E-state index contributed by atoms with van der Waals surface area (Å²) in [5.41, 5.74) is 1.16. The van der Waals surface area contributed by atoms with E-state index < -0.39 is 0 Å². The number of rotatable bonds is 6. The predicted molar refractivity (Wildman–Crippen MR) is 75.8 cm³/mol. The molecule has 0 spiro atoms. The SMILES string of the molecule is CNCCCC(=O)NCc1nc(C(C)(C)C)cs1. The van der Waals surface area contributed by atoms with Gasteiger partial charge in [0.2, 0.25) is 5.91 Å². The first-order valence-corrected chi connectivity index (χ1v) is 7.17. The van der Waals surface area contributed by atoms with Gasteiger partial charge >= 0.3 is 0 Å². The maximum absolute atomic E-state index is 11.5. The van der Waals surface area contributed by atoms with Crippen LogP contribution in [0.3, 0.4) is 0 Å². The number of hydrogen-bond acceptors (Lipinski definition) is 4. The first-order valence-electron chi connectivity index (χ1n) is 6.29. The molecule has 102 valence electrons. The van der Waals surface area contributed by atoms with E-state index in [1.807, 2.05) is 7.05 Å². The van der Waals surface area contributed by atoms with Gasteiger partial charge in [0.25, 0.3) is 0 Å². The first kappa shape index (κ1) is 15.1. The second-order valence-corrected chi connectivity index (χ2v) is 6.30. The van der Waals surface area contributed by atoms with Gasteiger partial charge in [-0.2, -0.15) is 0 Å². The van der Waals surface area contributed by atoms with Crippen molar-refractivity contribution in [1.82, 2.24) is 15.6 Å². The molecule has 0 unspecified atom stereocenters. The van der Waals surface area contributed by atoms with E-state index in [0.29, 0.717) is 13.0 Å². The second-order valence-electron chi connectivity index (χ2n) is 5.36. The minimum Gasteiger partial charge on any atom is -0.350 e. The van der Waals surface area contributed by atoms with Gasteiger partial charge in [0, 0.05) is 17.2 Å². The van der Waals surface area contributed by atoms with Gasteiger partial charge in [-0.05, 0) is 20.0 Å². The molecule has 0 aromatic carbocycles. The van der Waals surface area contributed by atoms with Crippen molar-refractivity contribution in [2.45, 2.75) is 45.6 Å². The molecular weight excluding hydrogens is 246 g/mol. The Kier molecular flexibility index (Phi) is 5.75. The maximum Gasteiger partial charge on any atom is 0.220 e. The normalized spacial score (nSPS) is 11.6. The van der Waals surface area contributed by atoms with Crippen molar-refractivity contribution in [3.63, 3.8) is 0 Å². The molecule has 0 fully saturated rings. The average Bonchev–Trinajstić information content (AvgIpc) is 2.75. The Morgan fingerprint density at radius 1 is 1.44 bits per heavy atom. The molecule has 5 heteroatoms. The summed E-state index contributed by atoms with van der Waals surface area (Å²) in [5, 5.41) is 8.98. The summed E-state index contributed by atoms with van der Waals surface area (Å²) in [7, 11) is 1.89. The van der Waals surface area contributed by atoms with Gasteiger partial charge < -0.3 is 10.6 Å². The Labute approximate surface area is 113 Å². The van der Waals surface area contributed by atoms with Crippen LogP contribution in [-0.4, -0.2) is 24.5 Å². The van der Waals surface area contributed by atoms with Crippen LogP contribution in [0.2, 0.25) is 0 Å². The molecule has 0 aliphatic rings. The highest BCUT2D eigenvalue weighted by atomic mass is 32.1. The smallest absolute Gasteiger partial charge is 0.220 e. The van der Waals surface area contributed by atoms with E-state index in [2.05, 4.69) is 41.8 Å². The van der Waals surface area contributed by atoms with Crippen molar-refractivity contribution in [3.8, 4) is 0 Å². The molecule has 4 nitrogen and oxygen atoms in total. The highest BCUT2D eigenvalue weighted by molar-refractivity contribution is 7.09. The van der Waals surface area contributed by atoms with E-state index in [1.54, 1.807) is 11.3 Å². The van der Waals surface area contributed by atoms with Crippen LogP contribution >= 0.6 is 11.3 Å². The van der Waals surface area contributed by atoms with E-state index in [4.69, 9.17) is 0 Å². The molecule has 0 bridgehead atoms. The van der Waals surface area contributed by atoms with Crippen molar-refractivity contribution >= 4 is 17.2 Å². The van der Waals surface area contributed by atoms with Gasteiger partial charge in [-0.25, -0.2) is 4.98 Å². The maximum atomic E-state index is 11.5. The Bertz CT molecular complexity index is 382. The molecule has 18 heavy (non-hydrogen) atoms. The van der Waals surface area contributed by atoms with Gasteiger partial charge in [0.05, 0.1) is 12.2 Å². The van der Waals surface area contributed by atoms with E-state index in [0.717, 1.165) is 23.7 Å². The lowest BCUT2D eigenvalue weighted by Crippen LogP contribution is -2.23. The van der Waals surface area contributed by atoms with E-state index >= 15 is 0 Å². The summed E-state index contributed by atoms with van der Waals surface area (Å²) in [6, 6.07) is 0. The van der Waals surface area contributed by atoms with Gasteiger partial charge in [-0.15, -0.1) is 11.3 Å². The minimum absolute atomic E-state index is 0.0750. The van der Waals surface area contributed by atoms with Gasteiger partial charge in [0.15, 0.2) is 0 Å². The Morgan fingerprint density at radius 2 is 2.17 bits per heavy atom. The fourth-order valence-electron chi connectivity index (χ4n) is 1.42. The number of hydrogen-bond donors (Lipinski definition) is 2. The molecule has 1 amide bonds. The van der Waals surface area contributed by atoms with Crippen LogP contribution in [0.5, 0.6) is 0 Å². The summed E-state index contributed by atoms with van der Waals surface area (Å²) in [6.45, 7) is 7.84. The summed E-state index contributed by atoms with van der Waals surface area (Å²) in [5.74, 6) is 0.0951. The number of amides is 1. The topological polar surface area (TPSA) is 54.0 Å². The van der Waals surface area contributed by atoms with Gasteiger partial charge in [-0.1, -0.05) is 20.8 Å². The number of aromatic nitrogens is 1. The van der Waals surface area contributed by atoms with Gasteiger partial charge in [-0.3, -0.25) is 4.79 Å². The number of carbonyl (C=O) groups is 1. The number of thiazole rings is 1. The zero-order chi connectivity index (χ0) is 13.6. The number of nitrogens with one attached hydrogen (secondary N) is 2. The molecule has 1 aromatic heterocycles. The Balaban J connectivity index is 2.35. The molecular formula is C13H23N3OS. The fourth-order valence-corrected chi connectivity index (χ4v) is 2.39. The Morgan fingerprint density at radius 3 is 2.72 bits per heavy atom. The lowest BCUT2D eigenvalue weighted by molar-refractivity contribution is -0.121. The molecule has 0 aliphatic carbocycles. The van der Waals surface area contributed by atoms with E-state index in [9.17, 15) is 4.79 Å². The molecule has 1 aromatic rings. The third-order valence-corrected chi connectivity index (χ3v) is 3.44. The summed E-state index contributed by atoms with van der Waals surface area (Å²) in [6.07, 6.45) is 1.44. The molecule has 2 N–H and O–H groups in total. The van der Waals surface area contributed by atoms with Crippen LogP contribution in [0.1, 0.15) is 44.3 Å². The standard InChI is InChI=1S/C13H23N3OS/c1-13(2,3)10-9-18-12(16-10)8-15-11(17)6-5-7-14-4/h9,14H,5-8H2,1-4H3,(H,15,17). The lowest BCUT2D eigenvalue weighted by Gasteiger charge is -2.14. The average molecular weight is 269 g/mol. The second kappa shape index (κ2) is 6.85. The monoisotopic (exact) mass is 269 g/mol. The zero-order valence-corrected chi connectivity index (χ0v) is 12.5. The molecule has 0 radical (unpaired) electrons. The fraction of sp³-hybridized carbons (Fsp3) is 0.692. The van der Waals surface area contributed by atoms with Crippen molar-refractivity contribution in [2.24, 2.45) is 0 Å². The van der Waals surface area contributed by atoms with Crippen molar-refractivity contribution in [1.29, 1.82) is 0 Å². The minimum atomic E-state index is 0.0750. The number of carbonyl (C=O) groups excluding carboxylic acids is 1. The Hall–Kier alpha value is -0.940. The van der Waals surface area contributed by atoms with Crippen LogP contribution in [0, 0.1) is 0 Å².